The van der Waals surface area contributed by atoms with Crippen LogP contribution in [-0.2, 0) is 19.7 Å². The zero-order valence-corrected chi connectivity index (χ0v) is 18.6. The predicted molar refractivity (Wildman–Crippen MR) is 114 cm³/mol. The van der Waals surface area contributed by atoms with E-state index in [4.69, 9.17) is 4.74 Å². The lowest BCUT2D eigenvalue weighted by Gasteiger charge is -2.22. The van der Waals surface area contributed by atoms with Crippen molar-refractivity contribution in [2.75, 3.05) is 13.2 Å². The maximum absolute atomic E-state index is 12.6. The van der Waals surface area contributed by atoms with Gasteiger partial charge < -0.3 is 15.4 Å². The molecule has 0 aliphatic rings. The molecule has 1 aromatic rings. The van der Waals surface area contributed by atoms with E-state index in [0.717, 1.165) is 12.0 Å². The topological polar surface area (TPSA) is 114 Å². The second-order valence-corrected chi connectivity index (χ2v) is 8.43. The Bertz CT molecular complexity index is 751. The Labute approximate surface area is 178 Å². The average Bonchev–Trinajstić information content (AvgIpc) is 2.67. The summed E-state index contributed by atoms with van der Waals surface area (Å²) in [5, 5.41) is 7.21. The molecule has 0 aromatic heterocycles. The minimum Gasteiger partial charge on any atom is -0.454 e. The third kappa shape index (κ3) is 8.23. The van der Waals surface area contributed by atoms with E-state index in [1.807, 2.05) is 19.1 Å². The van der Waals surface area contributed by atoms with Crippen LogP contribution >= 0.6 is 0 Å². The lowest BCUT2D eigenvalue weighted by Crippen LogP contribution is -2.47. The number of hydrogen-bond donors (Lipinski definition) is 3. The molecule has 0 spiro atoms. The quantitative estimate of drug-likeness (QED) is 0.560. The van der Waals surface area contributed by atoms with Crippen molar-refractivity contribution in [1.29, 1.82) is 0 Å². The van der Waals surface area contributed by atoms with Gasteiger partial charge >= 0.3 is 12.0 Å². The molecule has 0 saturated carbocycles. The summed E-state index contributed by atoms with van der Waals surface area (Å²) >= 11 is 0. The van der Waals surface area contributed by atoms with Gasteiger partial charge in [-0.25, -0.2) is 9.59 Å². The molecule has 0 saturated heterocycles. The Kier molecular flexibility index (Phi) is 9.49. The van der Waals surface area contributed by atoms with Gasteiger partial charge in [0.1, 0.15) is 6.04 Å². The molecule has 0 bridgehead atoms. The summed E-state index contributed by atoms with van der Waals surface area (Å²) in [6.45, 7) is 11.4. The zero-order chi connectivity index (χ0) is 22.9. The normalized spacial score (nSPS) is 12.1. The Morgan fingerprint density at radius 2 is 1.63 bits per heavy atom. The number of rotatable bonds is 8. The molecule has 1 rings (SSSR count). The van der Waals surface area contributed by atoms with Gasteiger partial charge in [0.2, 0.25) is 0 Å². The van der Waals surface area contributed by atoms with Gasteiger partial charge in [0.25, 0.3) is 11.8 Å². The van der Waals surface area contributed by atoms with Crippen LogP contribution in [0.1, 0.15) is 63.9 Å². The summed E-state index contributed by atoms with van der Waals surface area (Å²) in [7, 11) is 0. The molecule has 30 heavy (non-hydrogen) atoms. The minimum atomic E-state index is -0.929. The van der Waals surface area contributed by atoms with E-state index in [2.05, 4.69) is 36.7 Å². The molecule has 1 atom stereocenters. The molecule has 0 unspecified atom stereocenters. The van der Waals surface area contributed by atoms with Gasteiger partial charge in [-0.05, 0) is 35.4 Å². The molecule has 0 aliphatic heterocycles. The van der Waals surface area contributed by atoms with Crippen molar-refractivity contribution in [1.82, 2.24) is 16.0 Å². The third-order valence-corrected chi connectivity index (χ3v) is 4.35. The lowest BCUT2D eigenvalue weighted by molar-refractivity contribution is -0.151. The number of urea groups is 1. The molecular formula is C22H33N3O5. The number of ether oxygens (including phenoxy) is 1. The summed E-state index contributed by atoms with van der Waals surface area (Å²) in [6.07, 6.45) is 0.727. The van der Waals surface area contributed by atoms with Crippen LogP contribution in [0.2, 0.25) is 0 Å². The lowest BCUT2D eigenvalue weighted by atomic mass is 9.86. The molecule has 0 radical (unpaired) electrons. The molecular weight excluding hydrogens is 386 g/mol. The van der Waals surface area contributed by atoms with Crippen molar-refractivity contribution in [2.24, 2.45) is 5.92 Å². The fourth-order valence-electron chi connectivity index (χ4n) is 2.52. The van der Waals surface area contributed by atoms with Crippen LogP contribution < -0.4 is 16.0 Å². The second-order valence-electron chi connectivity index (χ2n) is 8.43. The van der Waals surface area contributed by atoms with Crippen LogP contribution in [0.3, 0.4) is 0 Å². The summed E-state index contributed by atoms with van der Waals surface area (Å²) in [5.74, 6) is -2.15. The van der Waals surface area contributed by atoms with Gasteiger partial charge in [0.05, 0.1) is 0 Å². The standard InChI is InChI=1S/C22H33N3O5/c1-7-12-23-21(29)24-17(26)13-30-20(28)18(14(2)3)25-19(27)15-8-10-16(11-9-15)22(4,5)6/h8-11,14,18H,7,12-13H2,1-6H3,(H,25,27)(H2,23,24,26,29)/t18-/m0/s1. The summed E-state index contributed by atoms with van der Waals surface area (Å²) in [6, 6.07) is 5.60. The zero-order valence-electron chi connectivity index (χ0n) is 18.6. The summed E-state index contributed by atoms with van der Waals surface area (Å²) in [5.41, 5.74) is 1.48. The molecule has 8 heteroatoms. The van der Waals surface area contributed by atoms with Crippen molar-refractivity contribution in [3.63, 3.8) is 0 Å². The van der Waals surface area contributed by atoms with E-state index < -0.39 is 36.5 Å². The van der Waals surface area contributed by atoms with Crippen LogP contribution in [0.15, 0.2) is 24.3 Å². The minimum absolute atomic E-state index is 0.0344. The molecule has 166 valence electrons. The van der Waals surface area contributed by atoms with Gasteiger partial charge in [0, 0.05) is 12.1 Å². The number of esters is 1. The van der Waals surface area contributed by atoms with E-state index in [9.17, 15) is 19.2 Å². The number of imide groups is 1. The fourth-order valence-corrected chi connectivity index (χ4v) is 2.52. The van der Waals surface area contributed by atoms with E-state index in [-0.39, 0.29) is 11.3 Å². The Hall–Kier alpha value is -2.90. The fraction of sp³-hybridized carbons (Fsp3) is 0.545. The third-order valence-electron chi connectivity index (χ3n) is 4.35. The van der Waals surface area contributed by atoms with Gasteiger partial charge in [-0.2, -0.15) is 0 Å². The number of carbonyl (C=O) groups is 4. The average molecular weight is 420 g/mol. The van der Waals surface area contributed by atoms with Gasteiger partial charge in [-0.3, -0.25) is 14.9 Å². The molecule has 4 amide bonds. The molecule has 0 fully saturated rings. The smallest absolute Gasteiger partial charge is 0.329 e. The van der Waals surface area contributed by atoms with Gasteiger partial charge in [0.15, 0.2) is 6.61 Å². The van der Waals surface area contributed by atoms with E-state index in [1.54, 1.807) is 26.0 Å². The van der Waals surface area contributed by atoms with Crippen LogP contribution in [0.4, 0.5) is 4.79 Å². The molecule has 8 nitrogen and oxygen atoms in total. The van der Waals surface area contributed by atoms with Gasteiger partial charge in [-0.15, -0.1) is 0 Å². The summed E-state index contributed by atoms with van der Waals surface area (Å²) < 4.78 is 4.99. The Morgan fingerprint density at radius 1 is 1.03 bits per heavy atom. The van der Waals surface area contributed by atoms with E-state index >= 15 is 0 Å². The van der Waals surface area contributed by atoms with Crippen LogP contribution in [-0.4, -0.2) is 43.0 Å². The van der Waals surface area contributed by atoms with E-state index in [1.165, 1.54) is 0 Å². The number of carbonyl (C=O) groups excluding carboxylic acids is 4. The number of nitrogens with one attached hydrogen (secondary N) is 3. The van der Waals surface area contributed by atoms with Crippen molar-refractivity contribution < 1.29 is 23.9 Å². The SMILES string of the molecule is CCCNC(=O)NC(=O)COC(=O)[C@@H](NC(=O)c1ccc(C(C)(C)C)cc1)C(C)C. The maximum atomic E-state index is 12.6. The van der Waals surface area contributed by atoms with Crippen LogP contribution in [0, 0.1) is 5.92 Å². The Balaban J connectivity index is 2.66. The van der Waals surface area contributed by atoms with Crippen molar-refractivity contribution in [3.05, 3.63) is 35.4 Å². The highest BCUT2D eigenvalue weighted by atomic mass is 16.5. The number of hydrogen-bond acceptors (Lipinski definition) is 5. The van der Waals surface area contributed by atoms with Crippen LogP contribution in [0.25, 0.3) is 0 Å². The van der Waals surface area contributed by atoms with Gasteiger partial charge in [-0.1, -0.05) is 53.7 Å². The highest BCUT2D eigenvalue weighted by molar-refractivity contribution is 5.98. The Morgan fingerprint density at radius 3 is 2.13 bits per heavy atom. The van der Waals surface area contributed by atoms with Crippen molar-refractivity contribution in [3.8, 4) is 0 Å². The first-order chi connectivity index (χ1) is 14.0. The number of benzene rings is 1. The first-order valence-electron chi connectivity index (χ1n) is 10.1. The first kappa shape index (κ1) is 25.1. The molecule has 3 N–H and O–H groups in total. The number of amides is 4. The maximum Gasteiger partial charge on any atom is 0.329 e. The largest absolute Gasteiger partial charge is 0.454 e. The predicted octanol–water partition coefficient (Wildman–Crippen LogP) is 2.52. The monoisotopic (exact) mass is 419 g/mol. The first-order valence-corrected chi connectivity index (χ1v) is 10.1. The highest BCUT2D eigenvalue weighted by Crippen LogP contribution is 2.22. The van der Waals surface area contributed by atoms with Crippen molar-refractivity contribution >= 4 is 23.8 Å². The molecule has 0 aliphatic carbocycles. The second kappa shape index (κ2) is 11.3. The van der Waals surface area contributed by atoms with Crippen LogP contribution in [0.5, 0.6) is 0 Å². The highest BCUT2D eigenvalue weighted by Gasteiger charge is 2.27. The molecule has 0 heterocycles. The van der Waals surface area contributed by atoms with E-state index in [0.29, 0.717) is 12.1 Å². The molecule has 1 aromatic carbocycles. The van der Waals surface area contributed by atoms with Crippen molar-refractivity contribution in [2.45, 2.75) is 59.4 Å². The summed E-state index contributed by atoms with van der Waals surface area (Å²) in [4.78, 5) is 48.1.